The SMILES string of the molecule is C[CH2][Ti].Cl. The molecule has 0 amide bonds. The minimum absolute atomic E-state index is 0. The van der Waals surface area contributed by atoms with Crippen LogP contribution >= 0.6 is 12.4 Å². The minimum atomic E-state index is 0. The summed E-state index contributed by atoms with van der Waals surface area (Å²) >= 11 is 2.12. The smallest absolute Gasteiger partial charge is 0.147 e. The standard InChI is InChI=1S/C2H5.ClH.Ti/c1-2;;/h1H2,2H3;1H;. The van der Waals surface area contributed by atoms with Crippen molar-refractivity contribution in [3.63, 3.8) is 0 Å². The molecule has 25 valence electrons. The molecule has 0 spiro atoms. The molecule has 0 fully saturated rings. The molecule has 0 rings (SSSR count). The van der Waals surface area contributed by atoms with E-state index in [0.717, 1.165) is 0 Å². The minimum Gasteiger partial charge on any atom is -0.147 e. The molecule has 0 saturated carbocycles. The maximum absolute atomic E-state index is 2.12. The Hall–Kier alpha value is 1.00. The Morgan fingerprint density at radius 1 is 1.75 bits per heavy atom. The van der Waals surface area contributed by atoms with Crippen LogP contribution in [0.5, 0.6) is 0 Å². The van der Waals surface area contributed by atoms with E-state index in [1.165, 1.54) is 4.73 Å². The zero-order valence-corrected chi connectivity index (χ0v) is 4.99. The second-order valence-corrected chi connectivity index (χ2v) is 1.46. The Morgan fingerprint density at radius 3 is 1.75 bits per heavy atom. The van der Waals surface area contributed by atoms with Crippen molar-refractivity contribution in [1.29, 1.82) is 0 Å². The molecule has 0 unspecified atom stereocenters. The van der Waals surface area contributed by atoms with E-state index >= 15 is 0 Å². The van der Waals surface area contributed by atoms with Crippen molar-refractivity contribution in [2.24, 2.45) is 0 Å². The molecule has 0 heterocycles. The second-order valence-electron chi connectivity index (χ2n) is 0.354. The van der Waals surface area contributed by atoms with Gasteiger partial charge >= 0.3 is 32.1 Å². The summed E-state index contributed by atoms with van der Waals surface area (Å²) in [6.45, 7) is 2.12. The van der Waals surface area contributed by atoms with E-state index in [1.54, 1.807) is 0 Å². The molecule has 0 aliphatic carbocycles. The third-order valence-corrected chi connectivity index (χ3v) is 0. The fraction of sp³-hybridized carbons (Fsp3) is 1.00. The Bertz CT molecular complexity index is 6.00. The first-order valence-corrected chi connectivity index (χ1v) is 2.16. The Balaban J connectivity index is 0. The molecule has 0 aromatic carbocycles. The maximum atomic E-state index is 2.12. The summed E-state index contributed by atoms with van der Waals surface area (Å²) in [5, 5.41) is 0. The van der Waals surface area contributed by atoms with Crippen molar-refractivity contribution in [2.45, 2.75) is 11.6 Å². The van der Waals surface area contributed by atoms with Crippen LogP contribution in [-0.2, 0) is 20.4 Å². The first-order chi connectivity index (χ1) is 1.41. The molecule has 0 N–H and O–H groups in total. The van der Waals surface area contributed by atoms with Gasteiger partial charge in [-0.3, -0.25) is 0 Å². The number of hydrogen-bond acceptors (Lipinski definition) is 0. The van der Waals surface area contributed by atoms with Gasteiger partial charge in [0.25, 0.3) is 0 Å². The first-order valence-electron chi connectivity index (χ1n) is 1.06. The van der Waals surface area contributed by atoms with E-state index in [9.17, 15) is 0 Å². The van der Waals surface area contributed by atoms with Crippen LogP contribution in [0.2, 0.25) is 4.73 Å². The van der Waals surface area contributed by atoms with Crippen molar-refractivity contribution in [2.75, 3.05) is 0 Å². The van der Waals surface area contributed by atoms with Gasteiger partial charge in [-0.1, -0.05) is 0 Å². The Labute approximate surface area is 44.8 Å². The predicted molar refractivity (Wildman–Crippen MR) is 17.7 cm³/mol. The van der Waals surface area contributed by atoms with E-state index in [0.29, 0.717) is 0 Å². The first kappa shape index (κ1) is 8.89. The van der Waals surface area contributed by atoms with Crippen molar-refractivity contribution in [1.82, 2.24) is 0 Å². The van der Waals surface area contributed by atoms with Gasteiger partial charge in [0.2, 0.25) is 0 Å². The van der Waals surface area contributed by atoms with E-state index in [1.807, 2.05) is 0 Å². The molecular weight excluding hydrogens is 107 g/mol. The number of halogens is 1. The van der Waals surface area contributed by atoms with Crippen LogP contribution < -0.4 is 0 Å². The van der Waals surface area contributed by atoms with Crippen molar-refractivity contribution in [3.8, 4) is 0 Å². The topological polar surface area (TPSA) is 0 Å². The molecule has 0 saturated heterocycles. The summed E-state index contributed by atoms with van der Waals surface area (Å²) < 4.78 is 1.25. The second kappa shape index (κ2) is 9.00. The quantitative estimate of drug-likeness (QED) is 0.417. The van der Waals surface area contributed by atoms with Crippen LogP contribution in [0.4, 0.5) is 0 Å². The monoisotopic (exact) mass is 113 g/mol. The van der Waals surface area contributed by atoms with Gasteiger partial charge in [-0.25, -0.2) is 0 Å². The summed E-state index contributed by atoms with van der Waals surface area (Å²) in [6, 6.07) is 0. The van der Waals surface area contributed by atoms with Crippen LogP contribution in [0.25, 0.3) is 0 Å². The normalized spacial score (nSPS) is 4.00. The van der Waals surface area contributed by atoms with E-state index in [2.05, 4.69) is 27.4 Å². The molecule has 0 aliphatic rings. The molecule has 0 bridgehead atoms. The van der Waals surface area contributed by atoms with Crippen molar-refractivity contribution in [3.05, 3.63) is 0 Å². The summed E-state index contributed by atoms with van der Waals surface area (Å²) in [5.41, 5.74) is 0. The van der Waals surface area contributed by atoms with Gasteiger partial charge in [0, 0.05) is 0 Å². The fourth-order valence-corrected chi connectivity index (χ4v) is 0. The molecule has 0 aromatic heterocycles. The predicted octanol–water partition coefficient (Wildman–Crippen LogP) is 1.39. The van der Waals surface area contributed by atoms with E-state index < -0.39 is 0 Å². The van der Waals surface area contributed by atoms with Gasteiger partial charge in [0.05, 0.1) is 0 Å². The van der Waals surface area contributed by atoms with Gasteiger partial charge in [0.15, 0.2) is 0 Å². The van der Waals surface area contributed by atoms with Crippen LogP contribution in [0, 0.1) is 0 Å². The molecule has 0 atom stereocenters. The van der Waals surface area contributed by atoms with E-state index in [4.69, 9.17) is 0 Å². The van der Waals surface area contributed by atoms with Crippen LogP contribution in [0.15, 0.2) is 0 Å². The Morgan fingerprint density at radius 2 is 1.75 bits per heavy atom. The summed E-state index contributed by atoms with van der Waals surface area (Å²) in [6.07, 6.45) is 0. The average molecular weight is 113 g/mol. The third kappa shape index (κ3) is 12.0. The van der Waals surface area contributed by atoms with Gasteiger partial charge < -0.3 is 0 Å². The zero-order chi connectivity index (χ0) is 2.71. The number of hydrogen-bond donors (Lipinski definition) is 0. The summed E-state index contributed by atoms with van der Waals surface area (Å²) in [5.74, 6) is 0. The molecule has 4 heavy (non-hydrogen) atoms. The van der Waals surface area contributed by atoms with Gasteiger partial charge in [-0.05, 0) is 0 Å². The summed E-state index contributed by atoms with van der Waals surface area (Å²) in [4.78, 5) is 0. The van der Waals surface area contributed by atoms with Gasteiger partial charge in [0.1, 0.15) is 0 Å². The zero-order valence-electron chi connectivity index (χ0n) is 2.62. The molecule has 0 radical (unpaired) electrons. The maximum Gasteiger partial charge on any atom is -0.147 e. The van der Waals surface area contributed by atoms with E-state index in [-0.39, 0.29) is 12.4 Å². The fourth-order valence-electron chi connectivity index (χ4n) is 0. The van der Waals surface area contributed by atoms with Gasteiger partial charge in [-0.15, -0.1) is 12.4 Å². The Kier molecular flexibility index (Phi) is 20.0. The summed E-state index contributed by atoms with van der Waals surface area (Å²) in [7, 11) is 0. The van der Waals surface area contributed by atoms with Crippen LogP contribution in [0.3, 0.4) is 0 Å². The molecule has 0 aromatic rings. The molecule has 2 heteroatoms. The number of rotatable bonds is 0. The average Bonchev–Trinajstić information content (AvgIpc) is 0.918. The van der Waals surface area contributed by atoms with Gasteiger partial charge in [-0.2, -0.15) is 0 Å². The largest absolute Gasteiger partial charge is 0.147 e. The van der Waals surface area contributed by atoms with Crippen molar-refractivity contribution >= 4 is 12.4 Å². The molecular formula is C2H6ClTi. The third-order valence-electron chi connectivity index (χ3n) is 0. The molecule has 0 nitrogen and oxygen atoms in total. The van der Waals surface area contributed by atoms with Crippen LogP contribution in [0.1, 0.15) is 6.92 Å². The molecule has 0 aliphatic heterocycles. The van der Waals surface area contributed by atoms with Crippen LogP contribution in [-0.4, -0.2) is 0 Å². The van der Waals surface area contributed by atoms with Crippen molar-refractivity contribution < 1.29 is 20.4 Å².